The van der Waals surface area contributed by atoms with Crippen molar-refractivity contribution in [1.29, 1.82) is 0 Å². The largest absolute Gasteiger partial charge is 0.497 e. The number of anilines is 1. The summed E-state index contributed by atoms with van der Waals surface area (Å²) in [5.41, 5.74) is 0.387. The molecule has 2 rings (SSSR count). The summed E-state index contributed by atoms with van der Waals surface area (Å²) >= 11 is 0. The smallest absolute Gasteiger partial charge is 0.264 e. The molecule has 0 aliphatic carbocycles. The highest BCUT2D eigenvalue weighted by atomic mass is 32.2. The van der Waals surface area contributed by atoms with Crippen LogP contribution < -0.4 is 23.3 Å². The van der Waals surface area contributed by atoms with Crippen LogP contribution in [0.15, 0.2) is 41.3 Å². The first-order chi connectivity index (χ1) is 11.9. The first-order valence-corrected chi connectivity index (χ1v) is 8.76. The number of hydrogen-bond donors (Lipinski definition) is 0. The number of ether oxygens (including phenoxy) is 4. The molecule has 25 heavy (non-hydrogen) atoms. The van der Waals surface area contributed by atoms with Gasteiger partial charge in [0.25, 0.3) is 10.0 Å². The van der Waals surface area contributed by atoms with E-state index in [4.69, 9.17) is 18.9 Å². The molecule has 8 heteroatoms. The normalized spacial score (nSPS) is 10.9. The van der Waals surface area contributed by atoms with E-state index in [1.807, 2.05) is 0 Å². The molecule has 0 N–H and O–H groups in total. The van der Waals surface area contributed by atoms with Gasteiger partial charge in [0, 0.05) is 19.2 Å². The number of hydrogen-bond acceptors (Lipinski definition) is 6. The fourth-order valence-corrected chi connectivity index (χ4v) is 3.53. The quantitative estimate of drug-likeness (QED) is 0.749. The monoisotopic (exact) mass is 367 g/mol. The molecule has 0 aliphatic rings. The van der Waals surface area contributed by atoms with E-state index in [9.17, 15) is 8.42 Å². The highest BCUT2D eigenvalue weighted by molar-refractivity contribution is 7.92. The first kappa shape index (κ1) is 18.7. The molecule has 136 valence electrons. The van der Waals surface area contributed by atoms with Crippen molar-refractivity contribution in [3.8, 4) is 23.0 Å². The lowest BCUT2D eigenvalue weighted by Gasteiger charge is -2.22. The minimum Gasteiger partial charge on any atom is -0.497 e. The Bertz CT molecular complexity index is 850. The molecule has 0 amide bonds. The van der Waals surface area contributed by atoms with Gasteiger partial charge < -0.3 is 18.9 Å². The maximum Gasteiger partial charge on any atom is 0.264 e. The third kappa shape index (κ3) is 3.58. The third-order valence-corrected chi connectivity index (χ3v) is 5.51. The average Bonchev–Trinajstić information content (AvgIpc) is 2.65. The van der Waals surface area contributed by atoms with E-state index in [0.717, 1.165) is 4.31 Å². The predicted octanol–water partition coefficient (Wildman–Crippen LogP) is 2.55. The fraction of sp³-hybridized carbons (Fsp3) is 0.294. The van der Waals surface area contributed by atoms with E-state index in [-0.39, 0.29) is 4.90 Å². The Morgan fingerprint density at radius 1 is 0.760 bits per heavy atom. The Kier molecular flexibility index (Phi) is 5.63. The number of benzene rings is 2. The number of methoxy groups -OCH3 is 4. The maximum atomic E-state index is 13.0. The van der Waals surface area contributed by atoms with Gasteiger partial charge in [-0.2, -0.15) is 0 Å². The maximum absolute atomic E-state index is 13.0. The second-order valence-corrected chi connectivity index (χ2v) is 7.00. The summed E-state index contributed by atoms with van der Waals surface area (Å²) in [6.07, 6.45) is 0. The van der Waals surface area contributed by atoms with Crippen LogP contribution in [-0.4, -0.2) is 43.9 Å². The van der Waals surface area contributed by atoms with Gasteiger partial charge in [0.05, 0.1) is 39.0 Å². The van der Waals surface area contributed by atoms with Gasteiger partial charge in [-0.05, 0) is 24.3 Å². The van der Waals surface area contributed by atoms with Gasteiger partial charge in [0.1, 0.15) is 11.5 Å². The molecule has 0 bridgehead atoms. The van der Waals surface area contributed by atoms with E-state index in [1.165, 1.54) is 47.6 Å². The Labute approximate surface area is 147 Å². The van der Waals surface area contributed by atoms with Gasteiger partial charge in [-0.15, -0.1) is 0 Å². The van der Waals surface area contributed by atoms with E-state index in [1.54, 1.807) is 24.3 Å². The summed E-state index contributed by atoms with van der Waals surface area (Å²) in [6, 6.07) is 9.33. The van der Waals surface area contributed by atoms with Crippen molar-refractivity contribution in [2.45, 2.75) is 4.90 Å². The summed E-state index contributed by atoms with van der Waals surface area (Å²) in [5, 5.41) is 0. The topological polar surface area (TPSA) is 74.3 Å². The fourth-order valence-electron chi connectivity index (χ4n) is 2.31. The highest BCUT2D eigenvalue weighted by Gasteiger charge is 2.25. The molecule has 7 nitrogen and oxygen atoms in total. The van der Waals surface area contributed by atoms with Crippen LogP contribution in [0.5, 0.6) is 23.0 Å². The highest BCUT2D eigenvalue weighted by Crippen LogP contribution is 2.36. The molecular weight excluding hydrogens is 346 g/mol. The molecule has 0 saturated carbocycles. The molecule has 0 heterocycles. The summed E-state index contributed by atoms with van der Waals surface area (Å²) in [4.78, 5) is 0.0746. The minimum atomic E-state index is -3.82. The first-order valence-electron chi connectivity index (χ1n) is 7.32. The second kappa shape index (κ2) is 7.52. The zero-order valence-electron chi connectivity index (χ0n) is 14.8. The molecule has 0 aliphatic heterocycles. The SMILES string of the molecule is COc1ccc(N(C)S(=O)(=O)c2ccc(OC)c(OC)c2)c(OC)c1. The van der Waals surface area contributed by atoms with Crippen LogP contribution in [0, 0.1) is 0 Å². The molecule has 2 aromatic rings. The third-order valence-electron chi connectivity index (χ3n) is 3.74. The van der Waals surface area contributed by atoms with Crippen molar-refractivity contribution in [3.63, 3.8) is 0 Å². The van der Waals surface area contributed by atoms with Crippen molar-refractivity contribution in [2.24, 2.45) is 0 Å². The number of sulfonamides is 1. The minimum absolute atomic E-state index is 0.0746. The van der Waals surface area contributed by atoms with Crippen molar-refractivity contribution >= 4 is 15.7 Å². The van der Waals surface area contributed by atoms with Crippen LogP contribution >= 0.6 is 0 Å². The van der Waals surface area contributed by atoms with Gasteiger partial charge in [-0.1, -0.05) is 0 Å². The lowest BCUT2D eigenvalue weighted by Crippen LogP contribution is -2.27. The zero-order chi connectivity index (χ0) is 18.6. The molecular formula is C17H21NO6S. The Morgan fingerprint density at radius 3 is 1.96 bits per heavy atom. The average molecular weight is 367 g/mol. The lowest BCUT2D eigenvalue weighted by atomic mass is 10.3. The summed E-state index contributed by atoms with van der Waals surface area (Å²) in [7, 11) is 3.56. The number of rotatable bonds is 7. The van der Waals surface area contributed by atoms with Gasteiger partial charge in [-0.25, -0.2) is 8.42 Å². The van der Waals surface area contributed by atoms with Crippen LogP contribution in [0.25, 0.3) is 0 Å². The summed E-state index contributed by atoms with van der Waals surface area (Å²) < 4.78 is 47.8. The van der Waals surface area contributed by atoms with E-state index >= 15 is 0 Å². The Hall–Kier alpha value is -2.61. The van der Waals surface area contributed by atoms with Crippen LogP contribution in [0.2, 0.25) is 0 Å². The van der Waals surface area contributed by atoms with Gasteiger partial charge in [0.15, 0.2) is 11.5 Å². The van der Waals surface area contributed by atoms with Crippen LogP contribution in [0.4, 0.5) is 5.69 Å². The van der Waals surface area contributed by atoms with Crippen molar-refractivity contribution < 1.29 is 27.4 Å². The second-order valence-electron chi connectivity index (χ2n) is 5.03. The van der Waals surface area contributed by atoms with Gasteiger partial charge in [0.2, 0.25) is 0 Å². The Balaban J connectivity index is 2.49. The molecule has 0 atom stereocenters. The van der Waals surface area contributed by atoms with E-state index in [2.05, 4.69) is 0 Å². The number of nitrogens with zero attached hydrogens (tertiary/aromatic N) is 1. The van der Waals surface area contributed by atoms with Crippen LogP contribution in [0.3, 0.4) is 0 Å². The standard InChI is InChI=1S/C17H21NO6S/c1-18(14-8-6-12(21-2)10-16(14)23-4)25(19,20)13-7-9-15(22-3)17(11-13)24-5/h6-11H,1-5H3. The molecule has 0 spiro atoms. The molecule has 2 aromatic carbocycles. The lowest BCUT2D eigenvalue weighted by molar-refractivity contribution is 0.354. The molecule has 0 fully saturated rings. The molecule has 0 saturated heterocycles. The summed E-state index contributed by atoms with van der Waals surface area (Å²) in [5.74, 6) is 1.73. The molecule has 0 radical (unpaired) electrons. The van der Waals surface area contributed by atoms with Gasteiger partial charge >= 0.3 is 0 Å². The molecule has 0 unspecified atom stereocenters. The van der Waals surface area contributed by atoms with E-state index < -0.39 is 10.0 Å². The van der Waals surface area contributed by atoms with E-state index in [0.29, 0.717) is 28.7 Å². The van der Waals surface area contributed by atoms with Crippen molar-refractivity contribution in [3.05, 3.63) is 36.4 Å². The van der Waals surface area contributed by atoms with Crippen molar-refractivity contribution in [2.75, 3.05) is 39.8 Å². The van der Waals surface area contributed by atoms with Crippen LogP contribution in [0.1, 0.15) is 0 Å². The van der Waals surface area contributed by atoms with Crippen LogP contribution in [-0.2, 0) is 10.0 Å². The molecule has 0 aromatic heterocycles. The predicted molar refractivity (Wildman–Crippen MR) is 94.7 cm³/mol. The summed E-state index contributed by atoms with van der Waals surface area (Å²) in [6.45, 7) is 0. The zero-order valence-corrected chi connectivity index (χ0v) is 15.6. The van der Waals surface area contributed by atoms with Crippen molar-refractivity contribution in [1.82, 2.24) is 0 Å². The Morgan fingerprint density at radius 2 is 1.40 bits per heavy atom. The van der Waals surface area contributed by atoms with Gasteiger partial charge in [-0.3, -0.25) is 4.31 Å².